The molecular formula is C11H23N3O. The van der Waals surface area contributed by atoms with Crippen molar-refractivity contribution >= 4 is 6.03 Å². The Labute approximate surface area is 92.4 Å². The molecule has 0 spiro atoms. The molecule has 0 radical (unpaired) electrons. The molecule has 1 aliphatic heterocycles. The second-order valence-corrected chi connectivity index (χ2v) is 4.20. The average Bonchev–Trinajstić information content (AvgIpc) is 2.29. The van der Waals surface area contributed by atoms with E-state index in [1.54, 1.807) is 0 Å². The van der Waals surface area contributed by atoms with Crippen LogP contribution >= 0.6 is 0 Å². The van der Waals surface area contributed by atoms with E-state index in [4.69, 9.17) is 0 Å². The van der Waals surface area contributed by atoms with Gasteiger partial charge in [-0.1, -0.05) is 13.3 Å². The van der Waals surface area contributed by atoms with Gasteiger partial charge in [0.2, 0.25) is 0 Å². The minimum absolute atomic E-state index is 0.0668. The molecule has 1 aliphatic rings. The Morgan fingerprint density at radius 2 is 2.40 bits per heavy atom. The van der Waals surface area contributed by atoms with Gasteiger partial charge in [-0.25, -0.2) is 4.79 Å². The monoisotopic (exact) mass is 213 g/mol. The number of piperidine rings is 1. The zero-order valence-corrected chi connectivity index (χ0v) is 9.88. The third kappa shape index (κ3) is 4.08. The Hall–Kier alpha value is -0.770. The fourth-order valence-electron chi connectivity index (χ4n) is 1.83. The predicted molar refractivity (Wildman–Crippen MR) is 62.0 cm³/mol. The molecule has 0 aromatic carbocycles. The fourth-order valence-corrected chi connectivity index (χ4v) is 1.83. The maximum absolute atomic E-state index is 11.7. The fraction of sp³-hybridized carbons (Fsp3) is 0.909. The first-order valence-electron chi connectivity index (χ1n) is 5.97. The number of hydrogen-bond acceptors (Lipinski definition) is 2. The van der Waals surface area contributed by atoms with Crippen molar-refractivity contribution in [3.8, 4) is 0 Å². The molecule has 4 heteroatoms. The lowest BCUT2D eigenvalue weighted by atomic mass is 10.1. The van der Waals surface area contributed by atoms with Crippen LogP contribution in [0, 0.1) is 0 Å². The number of hydrogen-bond donors (Lipinski definition) is 2. The first-order valence-corrected chi connectivity index (χ1v) is 5.97. The summed E-state index contributed by atoms with van der Waals surface area (Å²) < 4.78 is 0. The van der Waals surface area contributed by atoms with Crippen molar-refractivity contribution in [3.05, 3.63) is 0 Å². The number of rotatable bonds is 4. The summed E-state index contributed by atoms with van der Waals surface area (Å²) in [5, 5.41) is 6.26. The van der Waals surface area contributed by atoms with Crippen molar-refractivity contribution in [2.75, 3.05) is 26.7 Å². The molecule has 1 heterocycles. The second-order valence-electron chi connectivity index (χ2n) is 4.20. The molecular weight excluding hydrogens is 190 g/mol. The Bertz CT molecular complexity index is 190. The molecule has 0 aliphatic carbocycles. The van der Waals surface area contributed by atoms with Crippen LogP contribution in [0.15, 0.2) is 0 Å². The van der Waals surface area contributed by atoms with Gasteiger partial charge in [0.1, 0.15) is 0 Å². The van der Waals surface area contributed by atoms with Crippen molar-refractivity contribution in [2.24, 2.45) is 0 Å². The molecule has 1 fully saturated rings. The van der Waals surface area contributed by atoms with Crippen molar-refractivity contribution in [1.29, 1.82) is 0 Å². The average molecular weight is 213 g/mol. The molecule has 1 unspecified atom stereocenters. The maximum Gasteiger partial charge on any atom is 0.317 e. The van der Waals surface area contributed by atoms with Gasteiger partial charge in [-0.15, -0.1) is 0 Å². The SMILES string of the molecule is CCCCNC(=O)N(C)C1CCCNC1. The topological polar surface area (TPSA) is 44.4 Å². The minimum atomic E-state index is 0.0668. The Balaban J connectivity index is 2.24. The first kappa shape index (κ1) is 12.3. The van der Waals surface area contributed by atoms with Gasteiger partial charge in [0, 0.05) is 26.2 Å². The highest BCUT2D eigenvalue weighted by atomic mass is 16.2. The molecule has 1 saturated heterocycles. The van der Waals surface area contributed by atoms with Crippen LogP contribution in [0.5, 0.6) is 0 Å². The van der Waals surface area contributed by atoms with Crippen molar-refractivity contribution < 1.29 is 4.79 Å². The summed E-state index contributed by atoms with van der Waals surface area (Å²) in [6, 6.07) is 0.428. The van der Waals surface area contributed by atoms with Gasteiger partial charge in [-0.2, -0.15) is 0 Å². The molecule has 2 amide bonds. The molecule has 0 aromatic heterocycles. The Morgan fingerprint density at radius 1 is 1.60 bits per heavy atom. The summed E-state index contributed by atoms with van der Waals surface area (Å²) >= 11 is 0. The van der Waals surface area contributed by atoms with Gasteiger partial charge in [-0.3, -0.25) is 0 Å². The van der Waals surface area contributed by atoms with Crippen molar-refractivity contribution in [2.45, 2.75) is 38.6 Å². The molecule has 0 bridgehead atoms. The van der Waals surface area contributed by atoms with E-state index >= 15 is 0 Å². The number of unbranched alkanes of at least 4 members (excludes halogenated alkanes) is 1. The zero-order valence-electron chi connectivity index (χ0n) is 9.88. The molecule has 15 heavy (non-hydrogen) atoms. The molecule has 4 nitrogen and oxygen atoms in total. The van der Waals surface area contributed by atoms with Gasteiger partial charge in [-0.05, 0) is 25.8 Å². The van der Waals surface area contributed by atoms with Gasteiger partial charge in [0.05, 0.1) is 0 Å². The summed E-state index contributed by atoms with van der Waals surface area (Å²) in [5.41, 5.74) is 0. The van der Waals surface area contributed by atoms with E-state index in [1.807, 2.05) is 11.9 Å². The second kappa shape index (κ2) is 6.67. The van der Waals surface area contributed by atoms with Crippen LogP contribution in [-0.4, -0.2) is 43.7 Å². The van der Waals surface area contributed by atoms with Gasteiger partial charge in [0.25, 0.3) is 0 Å². The largest absolute Gasteiger partial charge is 0.338 e. The predicted octanol–water partition coefficient (Wildman–Crippen LogP) is 1.18. The van der Waals surface area contributed by atoms with Crippen LogP contribution in [0.25, 0.3) is 0 Å². The van der Waals surface area contributed by atoms with Gasteiger partial charge in [0.15, 0.2) is 0 Å². The Kier molecular flexibility index (Phi) is 5.47. The molecule has 88 valence electrons. The lowest BCUT2D eigenvalue weighted by Gasteiger charge is -2.31. The number of nitrogens with one attached hydrogen (secondary N) is 2. The summed E-state index contributed by atoms with van der Waals surface area (Å²) in [6.07, 6.45) is 4.46. The summed E-state index contributed by atoms with van der Waals surface area (Å²) in [7, 11) is 1.89. The smallest absolute Gasteiger partial charge is 0.317 e. The lowest BCUT2D eigenvalue weighted by molar-refractivity contribution is 0.178. The highest BCUT2D eigenvalue weighted by Crippen LogP contribution is 2.08. The van der Waals surface area contributed by atoms with Crippen LogP contribution < -0.4 is 10.6 Å². The highest BCUT2D eigenvalue weighted by Gasteiger charge is 2.21. The van der Waals surface area contributed by atoms with Crippen LogP contribution in [-0.2, 0) is 0 Å². The maximum atomic E-state index is 11.7. The van der Waals surface area contributed by atoms with Crippen molar-refractivity contribution in [1.82, 2.24) is 15.5 Å². The number of urea groups is 1. The van der Waals surface area contributed by atoms with E-state index in [0.29, 0.717) is 6.04 Å². The number of amides is 2. The van der Waals surface area contributed by atoms with E-state index in [-0.39, 0.29) is 6.03 Å². The van der Waals surface area contributed by atoms with E-state index in [2.05, 4.69) is 17.6 Å². The molecule has 1 atom stereocenters. The van der Waals surface area contributed by atoms with Crippen LogP contribution in [0.3, 0.4) is 0 Å². The normalized spacial score (nSPS) is 21.1. The minimum Gasteiger partial charge on any atom is -0.338 e. The summed E-state index contributed by atoms with van der Waals surface area (Å²) in [4.78, 5) is 13.5. The summed E-state index contributed by atoms with van der Waals surface area (Å²) in [6.45, 7) is 4.93. The first-order chi connectivity index (χ1) is 7.25. The number of likely N-dealkylation sites (N-methyl/N-ethyl adjacent to an activating group) is 1. The van der Waals surface area contributed by atoms with Crippen LogP contribution in [0.4, 0.5) is 4.79 Å². The zero-order chi connectivity index (χ0) is 11.1. The van der Waals surface area contributed by atoms with E-state index < -0.39 is 0 Å². The van der Waals surface area contributed by atoms with E-state index in [1.165, 1.54) is 0 Å². The van der Waals surface area contributed by atoms with Crippen LogP contribution in [0.2, 0.25) is 0 Å². The quantitative estimate of drug-likeness (QED) is 0.689. The van der Waals surface area contributed by atoms with Gasteiger partial charge >= 0.3 is 6.03 Å². The van der Waals surface area contributed by atoms with E-state index in [0.717, 1.165) is 45.3 Å². The lowest BCUT2D eigenvalue weighted by Crippen LogP contribution is -2.50. The molecule has 2 N–H and O–H groups in total. The third-order valence-electron chi connectivity index (χ3n) is 2.95. The third-order valence-corrected chi connectivity index (χ3v) is 2.95. The molecule has 0 aromatic rings. The standard InChI is InChI=1S/C11H23N3O/c1-3-4-8-13-11(15)14(2)10-6-5-7-12-9-10/h10,12H,3-9H2,1-2H3,(H,13,15). The van der Waals surface area contributed by atoms with Gasteiger partial charge < -0.3 is 15.5 Å². The Morgan fingerprint density at radius 3 is 3.00 bits per heavy atom. The number of carbonyl (C=O) groups is 1. The number of carbonyl (C=O) groups excluding carboxylic acids is 1. The number of nitrogens with zero attached hydrogens (tertiary/aromatic N) is 1. The highest BCUT2D eigenvalue weighted by molar-refractivity contribution is 5.74. The van der Waals surface area contributed by atoms with Crippen molar-refractivity contribution in [3.63, 3.8) is 0 Å². The van der Waals surface area contributed by atoms with E-state index in [9.17, 15) is 4.79 Å². The molecule has 0 saturated carbocycles. The summed E-state index contributed by atoms with van der Waals surface area (Å²) in [5.74, 6) is 0. The molecule has 1 rings (SSSR count). The van der Waals surface area contributed by atoms with Crippen LogP contribution in [0.1, 0.15) is 32.6 Å².